The molecule has 0 saturated heterocycles. The average molecular weight is 489 g/mol. The zero-order chi connectivity index (χ0) is 25.1. The first-order valence-electron chi connectivity index (χ1n) is 11.6. The number of amides is 2. The van der Waals surface area contributed by atoms with Crippen LogP contribution in [0.3, 0.4) is 0 Å². The fourth-order valence-electron chi connectivity index (χ4n) is 4.46. The van der Waals surface area contributed by atoms with Crippen LogP contribution in [0.5, 0.6) is 11.5 Å². The number of halogens is 1. The lowest BCUT2D eigenvalue weighted by Crippen LogP contribution is -2.37. The van der Waals surface area contributed by atoms with E-state index in [-0.39, 0.29) is 49.7 Å². The molecule has 2 aliphatic heterocycles. The van der Waals surface area contributed by atoms with Crippen LogP contribution in [0.1, 0.15) is 60.0 Å². The number of nitrogens with zero attached hydrogens (tertiary/aromatic N) is 3. The van der Waals surface area contributed by atoms with Gasteiger partial charge in [0.15, 0.2) is 5.69 Å². The van der Waals surface area contributed by atoms with Gasteiger partial charge in [-0.05, 0) is 31.7 Å². The van der Waals surface area contributed by atoms with E-state index in [1.54, 1.807) is 7.05 Å². The molecule has 2 aliphatic rings. The van der Waals surface area contributed by atoms with Crippen LogP contribution in [0.4, 0.5) is 4.39 Å². The summed E-state index contributed by atoms with van der Waals surface area (Å²) in [4.78, 5) is 45.0. The Morgan fingerprint density at radius 3 is 2.80 bits per heavy atom. The van der Waals surface area contributed by atoms with Crippen LogP contribution >= 0.6 is 0 Å². The van der Waals surface area contributed by atoms with E-state index in [2.05, 4.69) is 10.3 Å². The van der Waals surface area contributed by atoms with Gasteiger partial charge in [-0.1, -0.05) is 6.07 Å². The van der Waals surface area contributed by atoms with Crippen molar-refractivity contribution in [3.63, 3.8) is 0 Å². The Kier molecular flexibility index (Phi) is 7.34. The second-order valence-electron chi connectivity index (χ2n) is 8.78. The summed E-state index contributed by atoms with van der Waals surface area (Å²) in [7, 11) is 3.18. The highest BCUT2D eigenvalue weighted by Gasteiger charge is 2.33. The Morgan fingerprint density at radius 1 is 1.23 bits per heavy atom. The third kappa shape index (κ3) is 5.14. The first-order chi connectivity index (χ1) is 16.8. The summed E-state index contributed by atoms with van der Waals surface area (Å²) in [6, 6.07) is 3.40. The molecule has 3 heterocycles. The van der Waals surface area contributed by atoms with Crippen molar-refractivity contribution >= 4 is 11.8 Å². The van der Waals surface area contributed by atoms with Crippen molar-refractivity contribution in [2.24, 2.45) is 0 Å². The van der Waals surface area contributed by atoms with E-state index in [9.17, 15) is 23.9 Å². The van der Waals surface area contributed by atoms with Crippen molar-refractivity contribution in [3.8, 4) is 11.5 Å². The molecule has 2 N–H and O–H groups in total. The van der Waals surface area contributed by atoms with Crippen LogP contribution in [0.25, 0.3) is 0 Å². The van der Waals surface area contributed by atoms with E-state index >= 15 is 0 Å². The van der Waals surface area contributed by atoms with Gasteiger partial charge in [0.05, 0.1) is 25.3 Å². The molecule has 1 aromatic carbocycles. The molecule has 10 nitrogen and oxygen atoms in total. The number of ether oxygens (including phenoxy) is 2. The second-order valence-corrected chi connectivity index (χ2v) is 8.78. The fraction of sp³-hybridized carbons (Fsp3) is 0.500. The number of hydrogen-bond donors (Lipinski definition) is 2. The monoisotopic (exact) mass is 488 g/mol. The fourth-order valence-corrected chi connectivity index (χ4v) is 4.46. The smallest absolute Gasteiger partial charge is 0.296 e. The molecule has 2 amide bonds. The highest BCUT2D eigenvalue weighted by molar-refractivity contribution is 5.94. The van der Waals surface area contributed by atoms with Gasteiger partial charge >= 0.3 is 0 Å². The lowest BCUT2D eigenvalue weighted by molar-refractivity contribution is -0.132. The van der Waals surface area contributed by atoms with Crippen LogP contribution in [0.15, 0.2) is 23.0 Å². The van der Waals surface area contributed by atoms with Crippen molar-refractivity contribution < 1.29 is 28.6 Å². The normalized spacial score (nSPS) is 21.5. The molecule has 2 atom stereocenters. The maximum Gasteiger partial charge on any atom is 0.296 e. The van der Waals surface area contributed by atoms with Gasteiger partial charge in [0.2, 0.25) is 11.7 Å². The third-order valence-electron chi connectivity index (χ3n) is 6.54. The summed E-state index contributed by atoms with van der Waals surface area (Å²) < 4.78 is 26.3. The molecule has 2 aromatic rings. The molecule has 0 aliphatic carbocycles. The number of carbonyl (C=O) groups is 2. The highest BCUT2D eigenvalue weighted by Crippen LogP contribution is 2.30. The van der Waals surface area contributed by atoms with Crippen molar-refractivity contribution in [2.45, 2.75) is 57.3 Å². The van der Waals surface area contributed by atoms with E-state index < -0.39 is 34.8 Å². The number of fused-ring (bicyclic) bond motifs is 2. The van der Waals surface area contributed by atoms with Gasteiger partial charge in [-0.3, -0.25) is 19.0 Å². The Balaban J connectivity index is 1.78. The minimum atomic E-state index is -0.785. The number of benzene rings is 1. The van der Waals surface area contributed by atoms with Crippen LogP contribution in [-0.2, 0) is 22.6 Å². The van der Waals surface area contributed by atoms with Gasteiger partial charge in [-0.15, -0.1) is 0 Å². The summed E-state index contributed by atoms with van der Waals surface area (Å²) in [5, 5.41) is 13.2. The van der Waals surface area contributed by atoms with E-state index in [0.29, 0.717) is 31.2 Å². The van der Waals surface area contributed by atoms with Crippen molar-refractivity contribution in [1.82, 2.24) is 19.8 Å². The first-order valence-corrected chi connectivity index (χ1v) is 11.6. The predicted octanol–water partition coefficient (Wildman–Crippen LogP) is 1.89. The SMILES string of the molecule is COC1CCC2c3nc(c(O)c(=O)n3C1)C(=O)NCc1ccc(F)cc1OCCCCC(=O)N2C. The van der Waals surface area contributed by atoms with Crippen LogP contribution < -0.4 is 15.6 Å². The Labute approximate surface area is 201 Å². The predicted molar refractivity (Wildman–Crippen MR) is 123 cm³/mol. The van der Waals surface area contributed by atoms with E-state index in [1.165, 1.54) is 34.8 Å². The van der Waals surface area contributed by atoms with Crippen LogP contribution in [-0.4, -0.2) is 58.2 Å². The number of hydrogen-bond acceptors (Lipinski definition) is 7. The van der Waals surface area contributed by atoms with Gasteiger partial charge < -0.3 is 24.8 Å². The number of carbonyl (C=O) groups excluding carboxylic acids is 2. The van der Waals surface area contributed by atoms with E-state index in [0.717, 1.165) is 0 Å². The highest BCUT2D eigenvalue weighted by atomic mass is 19.1. The minimum Gasteiger partial charge on any atom is -0.501 e. The molecule has 0 spiro atoms. The molecule has 2 unspecified atom stereocenters. The number of rotatable bonds is 1. The average Bonchev–Trinajstić information content (AvgIpc) is 3.03. The van der Waals surface area contributed by atoms with Gasteiger partial charge in [-0.2, -0.15) is 0 Å². The van der Waals surface area contributed by atoms with Gasteiger partial charge in [0, 0.05) is 38.8 Å². The quantitative estimate of drug-likeness (QED) is 0.628. The molecule has 188 valence electrons. The Hall–Kier alpha value is -3.47. The van der Waals surface area contributed by atoms with Crippen molar-refractivity contribution in [2.75, 3.05) is 20.8 Å². The van der Waals surface area contributed by atoms with E-state index in [1.807, 2.05) is 0 Å². The number of aromatic hydroxyl groups is 1. The largest absolute Gasteiger partial charge is 0.501 e. The summed E-state index contributed by atoms with van der Waals surface area (Å²) in [5.41, 5.74) is -0.684. The zero-order valence-corrected chi connectivity index (χ0v) is 19.8. The zero-order valence-electron chi connectivity index (χ0n) is 19.8. The summed E-state index contributed by atoms with van der Waals surface area (Å²) in [5.74, 6) is -1.70. The van der Waals surface area contributed by atoms with Gasteiger partial charge in [0.1, 0.15) is 17.4 Å². The van der Waals surface area contributed by atoms with Crippen molar-refractivity contribution in [1.29, 1.82) is 0 Å². The number of aromatic nitrogens is 2. The summed E-state index contributed by atoms with van der Waals surface area (Å²) in [6.45, 7) is 0.394. The Bertz CT molecular complexity index is 1180. The summed E-state index contributed by atoms with van der Waals surface area (Å²) >= 11 is 0. The molecular formula is C24H29FN4O6. The molecule has 35 heavy (non-hydrogen) atoms. The van der Waals surface area contributed by atoms with Gasteiger partial charge in [-0.25, -0.2) is 9.37 Å². The first kappa shape index (κ1) is 24.6. The lowest BCUT2D eigenvalue weighted by Gasteiger charge is -2.28. The van der Waals surface area contributed by atoms with E-state index in [4.69, 9.17) is 9.47 Å². The van der Waals surface area contributed by atoms with Crippen LogP contribution in [0, 0.1) is 5.82 Å². The number of nitrogens with one attached hydrogen (secondary N) is 1. The third-order valence-corrected chi connectivity index (χ3v) is 6.54. The summed E-state index contributed by atoms with van der Waals surface area (Å²) in [6.07, 6.45) is 2.09. The number of methoxy groups -OCH3 is 1. The standard InChI is InChI=1S/C24H29FN4O6/c1-28-17-9-8-16(34-2)13-29-22(17)27-20(21(31)24(29)33)23(32)26-12-14-6-7-15(25)11-18(14)35-10-4-3-5-19(28)30/h6-7,11,16-17,31H,3-5,8-10,12-13H2,1-2H3,(H,26,32). The molecule has 0 radical (unpaired) electrons. The maximum atomic E-state index is 13.8. The molecule has 0 saturated carbocycles. The molecular weight excluding hydrogens is 459 g/mol. The second kappa shape index (κ2) is 10.4. The molecule has 0 fully saturated rings. The molecule has 2 bridgehead atoms. The molecule has 1 aromatic heterocycles. The molecule has 11 heteroatoms. The Morgan fingerprint density at radius 2 is 2.03 bits per heavy atom. The maximum absolute atomic E-state index is 13.8. The van der Waals surface area contributed by atoms with Crippen LogP contribution in [0.2, 0.25) is 0 Å². The van der Waals surface area contributed by atoms with Gasteiger partial charge in [0.25, 0.3) is 11.5 Å². The topological polar surface area (TPSA) is 123 Å². The van der Waals surface area contributed by atoms with Crippen molar-refractivity contribution in [3.05, 3.63) is 51.5 Å². The molecule has 4 rings (SSSR count). The minimum absolute atomic E-state index is 0.0262. The lowest BCUT2D eigenvalue weighted by atomic mass is 10.1.